The molecule has 130 valence electrons. The minimum atomic E-state index is -1.03. The Bertz CT molecular complexity index is 925. The monoisotopic (exact) mass is 358 g/mol. The molecule has 3 aromatic rings. The zero-order valence-corrected chi connectivity index (χ0v) is 14.7. The van der Waals surface area contributed by atoms with E-state index in [4.69, 9.17) is 14.9 Å². The van der Waals surface area contributed by atoms with Crippen molar-refractivity contribution in [3.05, 3.63) is 35.3 Å². The predicted octanol–water partition coefficient (Wildman–Crippen LogP) is 2.79. The normalized spacial score (nSPS) is 21.0. The summed E-state index contributed by atoms with van der Waals surface area (Å²) in [5, 5.41) is 17.0. The van der Waals surface area contributed by atoms with Gasteiger partial charge in [0, 0.05) is 23.9 Å². The number of carboxylic acid groups (broad SMARTS) is 1. The van der Waals surface area contributed by atoms with Crippen LogP contribution in [-0.4, -0.2) is 51.1 Å². The second kappa shape index (κ2) is 6.12. The summed E-state index contributed by atoms with van der Waals surface area (Å²) >= 11 is 1.27. The molecule has 0 radical (unpaired) electrons. The first kappa shape index (κ1) is 16.0. The molecular formula is C17H18N4O3S. The third-order valence-electron chi connectivity index (χ3n) is 4.18. The second-order valence-electron chi connectivity index (χ2n) is 6.24. The van der Waals surface area contributed by atoms with E-state index in [-0.39, 0.29) is 17.9 Å². The zero-order valence-electron chi connectivity index (χ0n) is 13.9. The maximum atomic E-state index is 11.1. The molecule has 3 heterocycles. The fraction of sp³-hybridized carbons (Fsp3) is 0.353. The molecule has 25 heavy (non-hydrogen) atoms. The fourth-order valence-electron chi connectivity index (χ4n) is 3.24. The van der Waals surface area contributed by atoms with Crippen LogP contribution in [0.2, 0.25) is 0 Å². The average Bonchev–Trinajstić information content (AvgIpc) is 3.18. The summed E-state index contributed by atoms with van der Waals surface area (Å²) in [5.41, 5.74) is 0.949. The highest BCUT2D eigenvalue weighted by Crippen LogP contribution is 2.31. The van der Waals surface area contributed by atoms with E-state index in [0.717, 1.165) is 29.8 Å². The van der Waals surface area contributed by atoms with Gasteiger partial charge in [0.25, 0.3) is 0 Å². The summed E-state index contributed by atoms with van der Waals surface area (Å²) in [7, 11) is 0. The van der Waals surface area contributed by atoms with Crippen LogP contribution in [0.4, 0.5) is 5.82 Å². The van der Waals surface area contributed by atoms with Crippen LogP contribution in [0.15, 0.2) is 29.6 Å². The van der Waals surface area contributed by atoms with E-state index >= 15 is 0 Å². The lowest BCUT2D eigenvalue weighted by molar-refractivity contribution is -0.00539. The molecule has 0 saturated carbocycles. The maximum Gasteiger partial charge on any atom is 0.355 e. The van der Waals surface area contributed by atoms with Gasteiger partial charge in [0.15, 0.2) is 11.5 Å². The molecule has 2 unspecified atom stereocenters. The first-order chi connectivity index (χ1) is 12.0. The lowest BCUT2D eigenvalue weighted by atomic mass is 10.2. The van der Waals surface area contributed by atoms with Gasteiger partial charge in [-0.1, -0.05) is 12.1 Å². The Labute approximate surface area is 148 Å². The first-order valence-corrected chi connectivity index (χ1v) is 8.98. The molecule has 1 aromatic carbocycles. The van der Waals surface area contributed by atoms with Gasteiger partial charge in [0.05, 0.1) is 17.7 Å². The molecule has 2 aromatic heterocycles. The summed E-state index contributed by atoms with van der Waals surface area (Å²) in [6.45, 7) is 5.65. The highest BCUT2D eigenvalue weighted by molar-refractivity contribution is 7.12. The molecule has 7 nitrogen and oxygen atoms in total. The van der Waals surface area contributed by atoms with Gasteiger partial charge in [0.2, 0.25) is 5.13 Å². The molecule has 1 N–H and O–H groups in total. The highest BCUT2D eigenvalue weighted by atomic mass is 32.1. The fourth-order valence-corrected chi connectivity index (χ4v) is 4.00. The molecule has 1 aliphatic heterocycles. The molecule has 0 bridgehead atoms. The van der Waals surface area contributed by atoms with Crippen LogP contribution in [-0.2, 0) is 4.74 Å². The number of ether oxygens (including phenoxy) is 1. The Morgan fingerprint density at radius 2 is 2.00 bits per heavy atom. The molecule has 1 fully saturated rings. The number of para-hydroxylation sites is 1. The van der Waals surface area contributed by atoms with E-state index in [1.165, 1.54) is 16.7 Å². The Balaban J connectivity index is 1.82. The molecule has 4 rings (SSSR count). The summed E-state index contributed by atoms with van der Waals surface area (Å²) in [4.78, 5) is 17.5. The summed E-state index contributed by atoms with van der Waals surface area (Å²) < 4.78 is 7.55. The van der Waals surface area contributed by atoms with Crippen molar-refractivity contribution in [2.45, 2.75) is 26.1 Å². The molecule has 1 saturated heterocycles. The summed E-state index contributed by atoms with van der Waals surface area (Å²) in [5.74, 6) is -0.153. The maximum absolute atomic E-state index is 11.1. The topological polar surface area (TPSA) is 80.5 Å². The molecular weight excluding hydrogens is 340 g/mol. The number of aromatic carboxylic acids is 1. The zero-order chi connectivity index (χ0) is 17.6. The van der Waals surface area contributed by atoms with Gasteiger partial charge < -0.3 is 14.7 Å². The molecule has 2 atom stereocenters. The number of aromatic nitrogens is 3. The minimum absolute atomic E-state index is 0.0368. The van der Waals surface area contributed by atoms with Crippen LogP contribution in [0.5, 0.6) is 0 Å². The van der Waals surface area contributed by atoms with E-state index in [1.54, 1.807) is 4.68 Å². The van der Waals surface area contributed by atoms with Crippen molar-refractivity contribution in [2.75, 3.05) is 18.0 Å². The van der Waals surface area contributed by atoms with Gasteiger partial charge in [-0.2, -0.15) is 0 Å². The number of hydrogen-bond acceptors (Lipinski definition) is 6. The Hall–Kier alpha value is -2.45. The third kappa shape index (κ3) is 2.87. The average molecular weight is 358 g/mol. The number of carbonyl (C=O) groups is 1. The van der Waals surface area contributed by atoms with Crippen LogP contribution in [0.3, 0.4) is 0 Å². The number of morpholine rings is 1. The van der Waals surface area contributed by atoms with Crippen molar-refractivity contribution in [3.63, 3.8) is 0 Å². The number of rotatable bonds is 3. The van der Waals surface area contributed by atoms with Gasteiger partial charge in [-0.25, -0.2) is 14.5 Å². The van der Waals surface area contributed by atoms with Crippen molar-refractivity contribution in [3.8, 4) is 5.13 Å². The van der Waals surface area contributed by atoms with E-state index in [2.05, 4.69) is 23.7 Å². The molecule has 0 aliphatic carbocycles. The number of fused-ring (bicyclic) bond motifs is 1. The van der Waals surface area contributed by atoms with Crippen LogP contribution in [0.25, 0.3) is 16.0 Å². The standard InChI is InChI=1S/C17H18N4O3S/c1-10-7-20(8-11(2)24-10)15-12-5-3-4-6-14(12)21(19-15)17-18-13(9-25-17)16(22)23/h3-6,9-11H,7-8H2,1-2H3,(H,22,23). The quantitative estimate of drug-likeness (QED) is 0.775. The van der Waals surface area contributed by atoms with Gasteiger partial charge in [-0.3, -0.25) is 0 Å². The van der Waals surface area contributed by atoms with Crippen LogP contribution in [0, 0.1) is 0 Å². The van der Waals surface area contributed by atoms with Crippen molar-refractivity contribution in [1.82, 2.24) is 14.8 Å². The summed E-state index contributed by atoms with van der Waals surface area (Å²) in [6, 6.07) is 7.93. The number of carboxylic acids is 1. The molecule has 0 spiro atoms. The number of anilines is 1. The van der Waals surface area contributed by atoms with Crippen molar-refractivity contribution in [1.29, 1.82) is 0 Å². The second-order valence-corrected chi connectivity index (χ2v) is 7.07. The number of thiazole rings is 1. The third-order valence-corrected chi connectivity index (χ3v) is 5.00. The SMILES string of the molecule is CC1CN(c2nn(-c3nc(C(=O)O)cs3)c3ccccc23)CC(C)O1. The molecule has 1 aliphatic rings. The van der Waals surface area contributed by atoms with Crippen LogP contribution >= 0.6 is 11.3 Å². The first-order valence-electron chi connectivity index (χ1n) is 8.10. The largest absolute Gasteiger partial charge is 0.476 e. The smallest absolute Gasteiger partial charge is 0.355 e. The number of hydrogen-bond donors (Lipinski definition) is 1. The molecule has 8 heteroatoms. The van der Waals surface area contributed by atoms with Gasteiger partial charge in [0.1, 0.15) is 0 Å². The Morgan fingerprint density at radius 3 is 2.68 bits per heavy atom. The van der Waals surface area contributed by atoms with E-state index in [1.807, 2.05) is 24.3 Å². The highest BCUT2D eigenvalue weighted by Gasteiger charge is 2.26. The predicted molar refractivity (Wildman–Crippen MR) is 95.9 cm³/mol. The van der Waals surface area contributed by atoms with Crippen LogP contribution in [0.1, 0.15) is 24.3 Å². The van der Waals surface area contributed by atoms with Crippen molar-refractivity contribution < 1.29 is 14.6 Å². The van der Waals surface area contributed by atoms with Gasteiger partial charge in [-0.15, -0.1) is 16.4 Å². The summed E-state index contributed by atoms with van der Waals surface area (Å²) in [6.07, 6.45) is 0.261. The van der Waals surface area contributed by atoms with E-state index < -0.39 is 5.97 Å². The number of benzene rings is 1. The van der Waals surface area contributed by atoms with E-state index in [0.29, 0.717) is 5.13 Å². The van der Waals surface area contributed by atoms with E-state index in [9.17, 15) is 4.79 Å². The lowest BCUT2D eigenvalue weighted by Crippen LogP contribution is -2.45. The van der Waals surface area contributed by atoms with Crippen molar-refractivity contribution >= 4 is 34.0 Å². The Kier molecular flexibility index (Phi) is 3.93. The van der Waals surface area contributed by atoms with Gasteiger partial charge in [-0.05, 0) is 26.0 Å². The molecule has 0 amide bonds. The Morgan fingerprint density at radius 1 is 1.28 bits per heavy atom. The lowest BCUT2D eigenvalue weighted by Gasteiger charge is -2.35. The van der Waals surface area contributed by atoms with Gasteiger partial charge >= 0.3 is 5.97 Å². The van der Waals surface area contributed by atoms with Crippen molar-refractivity contribution in [2.24, 2.45) is 0 Å². The van der Waals surface area contributed by atoms with Crippen LogP contribution < -0.4 is 4.90 Å². The number of nitrogens with zero attached hydrogens (tertiary/aromatic N) is 4. The minimum Gasteiger partial charge on any atom is -0.476 e.